The fourth-order valence-corrected chi connectivity index (χ4v) is 1.20. The molecule has 2 heterocycles. The summed E-state index contributed by atoms with van der Waals surface area (Å²) in [5.41, 5.74) is 1.42. The maximum atomic E-state index is 11.0. The zero-order chi connectivity index (χ0) is 9.42. The number of aryl methyl sites for hydroxylation is 1. The van der Waals surface area contributed by atoms with Gasteiger partial charge in [0.05, 0.1) is 0 Å². The van der Waals surface area contributed by atoms with Gasteiger partial charge in [-0.1, -0.05) is 0 Å². The summed E-state index contributed by atoms with van der Waals surface area (Å²) in [6.45, 7) is 3.35. The summed E-state index contributed by atoms with van der Waals surface area (Å²) in [6, 6.07) is 3.54. The molecule has 0 unspecified atom stereocenters. The smallest absolute Gasteiger partial charge is 0.161 e. The largest absolute Gasteiger partial charge is 0.294 e. The van der Waals surface area contributed by atoms with Crippen LogP contribution in [-0.4, -0.2) is 20.4 Å². The van der Waals surface area contributed by atoms with E-state index in [1.54, 1.807) is 22.8 Å². The van der Waals surface area contributed by atoms with E-state index in [1.807, 2.05) is 6.92 Å². The maximum Gasteiger partial charge on any atom is 0.161 e. The van der Waals surface area contributed by atoms with E-state index in [0.717, 1.165) is 5.65 Å². The van der Waals surface area contributed by atoms with Gasteiger partial charge in [-0.05, 0) is 26.0 Å². The van der Waals surface area contributed by atoms with Gasteiger partial charge in [0.2, 0.25) is 0 Å². The minimum Gasteiger partial charge on any atom is -0.294 e. The van der Waals surface area contributed by atoms with Crippen molar-refractivity contribution >= 4 is 11.4 Å². The lowest BCUT2D eigenvalue weighted by molar-refractivity contribution is 0.101. The second-order valence-electron chi connectivity index (χ2n) is 2.94. The molecule has 0 spiro atoms. The Morgan fingerprint density at radius 3 is 2.92 bits per heavy atom. The van der Waals surface area contributed by atoms with Crippen LogP contribution in [0, 0.1) is 6.92 Å². The number of nitrogens with zero attached hydrogens (tertiary/aromatic N) is 3. The normalized spacial score (nSPS) is 10.6. The molecule has 0 radical (unpaired) electrons. The first kappa shape index (κ1) is 7.91. The van der Waals surface area contributed by atoms with Gasteiger partial charge in [0, 0.05) is 11.8 Å². The Balaban J connectivity index is 2.67. The number of carbonyl (C=O) groups is 1. The van der Waals surface area contributed by atoms with E-state index in [9.17, 15) is 4.79 Å². The van der Waals surface area contributed by atoms with Gasteiger partial charge in [-0.25, -0.2) is 9.50 Å². The van der Waals surface area contributed by atoms with Crippen LogP contribution in [0.3, 0.4) is 0 Å². The Labute approximate surface area is 75.2 Å². The van der Waals surface area contributed by atoms with Crippen LogP contribution in [0.4, 0.5) is 0 Å². The van der Waals surface area contributed by atoms with E-state index in [0.29, 0.717) is 11.4 Å². The molecule has 0 saturated heterocycles. The number of aromatic nitrogens is 3. The van der Waals surface area contributed by atoms with Gasteiger partial charge in [-0.15, -0.1) is 0 Å². The molecule has 2 aromatic rings. The van der Waals surface area contributed by atoms with Crippen LogP contribution in [0.25, 0.3) is 5.65 Å². The number of ketones is 1. The summed E-state index contributed by atoms with van der Waals surface area (Å²) in [5, 5.41) is 4.11. The topological polar surface area (TPSA) is 47.3 Å². The van der Waals surface area contributed by atoms with Crippen LogP contribution >= 0.6 is 0 Å². The van der Waals surface area contributed by atoms with Crippen LogP contribution in [0.2, 0.25) is 0 Å². The number of Topliss-reactive ketones (excluding diaryl/α,β-unsaturated/α-hetero) is 1. The van der Waals surface area contributed by atoms with Gasteiger partial charge in [-0.2, -0.15) is 5.10 Å². The molecule has 4 heteroatoms. The number of rotatable bonds is 1. The van der Waals surface area contributed by atoms with Gasteiger partial charge in [0.15, 0.2) is 11.4 Å². The fraction of sp³-hybridized carbons (Fsp3) is 0.222. The SMILES string of the molecule is CC(=O)c1ccc2nc(C)nn2c1. The monoisotopic (exact) mass is 175 g/mol. The Kier molecular flexibility index (Phi) is 1.62. The third kappa shape index (κ3) is 1.30. The Bertz CT molecular complexity index is 473. The van der Waals surface area contributed by atoms with Gasteiger partial charge in [0.25, 0.3) is 0 Å². The predicted molar refractivity (Wildman–Crippen MR) is 47.7 cm³/mol. The molecule has 2 rings (SSSR count). The molecule has 4 nitrogen and oxygen atoms in total. The molecular weight excluding hydrogens is 166 g/mol. The number of pyridine rings is 1. The van der Waals surface area contributed by atoms with Crippen molar-refractivity contribution in [2.75, 3.05) is 0 Å². The molecule has 0 atom stereocenters. The first-order chi connectivity index (χ1) is 6.16. The predicted octanol–water partition coefficient (Wildman–Crippen LogP) is 1.24. The third-order valence-corrected chi connectivity index (χ3v) is 1.84. The molecule has 2 aromatic heterocycles. The highest BCUT2D eigenvalue weighted by molar-refractivity contribution is 5.93. The Hall–Kier alpha value is -1.71. The standard InChI is InChI=1S/C9H9N3O/c1-6(13)8-3-4-9-10-7(2)11-12(9)5-8/h3-5H,1-2H3. The first-order valence-corrected chi connectivity index (χ1v) is 4.01. The molecule has 13 heavy (non-hydrogen) atoms. The zero-order valence-electron chi connectivity index (χ0n) is 7.48. The number of carbonyl (C=O) groups excluding carboxylic acids is 1. The minimum atomic E-state index is 0.0371. The molecule has 0 aromatic carbocycles. The second kappa shape index (κ2) is 2.65. The van der Waals surface area contributed by atoms with Crippen LogP contribution in [-0.2, 0) is 0 Å². The maximum absolute atomic E-state index is 11.0. The van der Waals surface area contributed by atoms with E-state index >= 15 is 0 Å². The number of fused-ring (bicyclic) bond motifs is 1. The molecule has 0 aliphatic heterocycles. The molecular formula is C9H9N3O. The van der Waals surface area contributed by atoms with Crippen molar-refractivity contribution in [3.63, 3.8) is 0 Å². The van der Waals surface area contributed by atoms with E-state index in [4.69, 9.17) is 0 Å². The summed E-state index contributed by atoms with van der Waals surface area (Å²) in [5.74, 6) is 0.746. The fourth-order valence-electron chi connectivity index (χ4n) is 1.20. The molecule has 0 bridgehead atoms. The van der Waals surface area contributed by atoms with Gasteiger partial charge in [-0.3, -0.25) is 4.79 Å². The molecule has 0 aliphatic rings. The summed E-state index contributed by atoms with van der Waals surface area (Å²) in [7, 11) is 0. The highest BCUT2D eigenvalue weighted by atomic mass is 16.1. The minimum absolute atomic E-state index is 0.0371. The lowest BCUT2D eigenvalue weighted by Gasteiger charge is -1.94. The van der Waals surface area contributed by atoms with Gasteiger partial charge >= 0.3 is 0 Å². The van der Waals surface area contributed by atoms with Gasteiger partial charge in [0.1, 0.15) is 5.82 Å². The molecule has 66 valence electrons. The lowest BCUT2D eigenvalue weighted by atomic mass is 10.2. The molecule has 0 saturated carbocycles. The zero-order valence-corrected chi connectivity index (χ0v) is 7.48. The van der Waals surface area contributed by atoms with Gasteiger partial charge < -0.3 is 0 Å². The van der Waals surface area contributed by atoms with Crippen molar-refractivity contribution in [1.29, 1.82) is 0 Å². The number of hydrogen-bond donors (Lipinski definition) is 0. The summed E-state index contributed by atoms with van der Waals surface area (Å²) in [6.07, 6.45) is 1.69. The Morgan fingerprint density at radius 2 is 2.23 bits per heavy atom. The van der Waals surface area contributed by atoms with Crippen molar-refractivity contribution in [3.8, 4) is 0 Å². The quantitative estimate of drug-likeness (QED) is 0.612. The van der Waals surface area contributed by atoms with Crippen LogP contribution in [0.5, 0.6) is 0 Å². The molecule has 0 aliphatic carbocycles. The highest BCUT2D eigenvalue weighted by Gasteiger charge is 2.02. The third-order valence-electron chi connectivity index (χ3n) is 1.84. The van der Waals surface area contributed by atoms with Crippen molar-refractivity contribution in [1.82, 2.24) is 14.6 Å². The van der Waals surface area contributed by atoms with Crippen molar-refractivity contribution < 1.29 is 4.79 Å². The molecule has 0 N–H and O–H groups in total. The molecule has 0 amide bonds. The second-order valence-corrected chi connectivity index (χ2v) is 2.94. The highest BCUT2D eigenvalue weighted by Crippen LogP contribution is 2.04. The van der Waals surface area contributed by atoms with Crippen LogP contribution in [0.1, 0.15) is 23.1 Å². The number of hydrogen-bond acceptors (Lipinski definition) is 3. The first-order valence-electron chi connectivity index (χ1n) is 4.01. The molecule has 0 fully saturated rings. The van der Waals surface area contributed by atoms with Crippen molar-refractivity contribution in [3.05, 3.63) is 29.7 Å². The van der Waals surface area contributed by atoms with E-state index in [2.05, 4.69) is 10.1 Å². The van der Waals surface area contributed by atoms with E-state index in [1.165, 1.54) is 6.92 Å². The summed E-state index contributed by atoms with van der Waals surface area (Å²) in [4.78, 5) is 15.2. The summed E-state index contributed by atoms with van der Waals surface area (Å²) < 4.78 is 1.62. The Morgan fingerprint density at radius 1 is 1.46 bits per heavy atom. The van der Waals surface area contributed by atoms with E-state index < -0.39 is 0 Å². The van der Waals surface area contributed by atoms with Crippen molar-refractivity contribution in [2.45, 2.75) is 13.8 Å². The lowest BCUT2D eigenvalue weighted by Crippen LogP contribution is -1.96. The summed E-state index contributed by atoms with van der Waals surface area (Å²) >= 11 is 0. The van der Waals surface area contributed by atoms with Crippen molar-refractivity contribution in [2.24, 2.45) is 0 Å². The van der Waals surface area contributed by atoms with Crippen LogP contribution in [0.15, 0.2) is 18.3 Å². The average molecular weight is 175 g/mol. The average Bonchev–Trinajstić information content (AvgIpc) is 2.42. The van der Waals surface area contributed by atoms with Crippen LogP contribution < -0.4 is 0 Å². The van der Waals surface area contributed by atoms with E-state index in [-0.39, 0.29) is 5.78 Å².